The second-order valence-electron chi connectivity index (χ2n) is 4.65. The molecule has 1 fully saturated rings. The third-order valence-electron chi connectivity index (χ3n) is 3.43. The Labute approximate surface area is 103 Å². The maximum absolute atomic E-state index is 11.6. The maximum atomic E-state index is 11.6. The average Bonchev–Trinajstić information content (AvgIpc) is 3.15. The number of carbonyl (C=O) groups excluding carboxylic acids is 1. The first-order valence-electron chi connectivity index (χ1n) is 6.24. The predicted molar refractivity (Wildman–Crippen MR) is 68.9 cm³/mol. The van der Waals surface area contributed by atoms with Crippen LogP contribution in [-0.2, 0) is 4.79 Å². The van der Waals surface area contributed by atoms with Crippen molar-refractivity contribution >= 4 is 5.91 Å². The quantitative estimate of drug-likeness (QED) is 0.836. The fraction of sp³-hybridized carbons (Fsp3) is 0.500. The molecule has 2 atom stereocenters. The van der Waals surface area contributed by atoms with Crippen molar-refractivity contribution in [2.45, 2.75) is 25.3 Å². The largest absolute Gasteiger partial charge is 0.345 e. The fourth-order valence-electron chi connectivity index (χ4n) is 2.02. The van der Waals surface area contributed by atoms with Gasteiger partial charge in [0.15, 0.2) is 0 Å². The molecule has 2 unspecified atom stereocenters. The maximum Gasteiger partial charge on any atom is 0.236 e. The van der Waals surface area contributed by atoms with Gasteiger partial charge in [0.05, 0.1) is 6.54 Å². The molecule has 1 aromatic rings. The highest BCUT2D eigenvalue weighted by Crippen LogP contribution is 2.40. The Kier molecular flexibility index (Phi) is 3.79. The van der Waals surface area contributed by atoms with Crippen LogP contribution in [-0.4, -0.2) is 37.0 Å². The van der Waals surface area contributed by atoms with Crippen LogP contribution in [0.25, 0.3) is 0 Å². The molecule has 0 aliphatic heterocycles. The highest BCUT2D eigenvalue weighted by molar-refractivity contribution is 5.78. The van der Waals surface area contributed by atoms with Crippen molar-refractivity contribution in [1.82, 2.24) is 10.2 Å². The molecule has 3 nitrogen and oxygen atoms in total. The highest BCUT2D eigenvalue weighted by atomic mass is 16.2. The minimum Gasteiger partial charge on any atom is -0.345 e. The van der Waals surface area contributed by atoms with Gasteiger partial charge in [0.25, 0.3) is 0 Å². The molecule has 0 bridgehead atoms. The van der Waals surface area contributed by atoms with E-state index in [1.165, 1.54) is 5.56 Å². The Balaban J connectivity index is 1.76. The molecule has 0 heterocycles. The Hall–Kier alpha value is -1.35. The minimum absolute atomic E-state index is 0.172. The molecule has 1 N–H and O–H groups in total. The van der Waals surface area contributed by atoms with E-state index in [0.29, 0.717) is 18.5 Å². The third-order valence-corrected chi connectivity index (χ3v) is 3.43. The lowest BCUT2D eigenvalue weighted by molar-refractivity contribution is -0.128. The van der Waals surface area contributed by atoms with Crippen LogP contribution in [0.2, 0.25) is 0 Å². The van der Waals surface area contributed by atoms with E-state index in [2.05, 4.69) is 29.6 Å². The molecule has 3 heteroatoms. The summed E-state index contributed by atoms with van der Waals surface area (Å²) in [5, 5.41) is 3.33. The number of likely N-dealkylation sites (N-methyl/N-ethyl adjacent to an activating group) is 1. The van der Waals surface area contributed by atoms with Crippen LogP contribution in [0.15, 0.2) is 30.3 Å². The van der Waals surface area contributed by atoms with Crippen LogP contribution in [0, 0.1) is 0 Å². The van der Waals surface area contributed by atoms with Crippen molar-refractivity contribution < 1.29 is 4.79 Å². The van der Waals surface area contributed by atoms with Crippen LogP contribution in [0.3, 0.4) is 0 Å². The van der Waals surface area contributed by atoms with Crippen LogP contribution in [0.1, 0.15) is 24.8 Å². The van der Waals surface area contributed by atoms with Crippen LogP contribution in [0.5, 0.6) is 0 Å². The summed E-state index contributed by atoms with van der Waals surface area (Å²) in [6, 6.07) is 11.0. The molecular formula is C14H20N2O. The zero-order chi connectivity index (χ0) is 12.3. The van der Waals surface area contributed by atoms with E-state index in [9.17, 15) is 4.79 Å². The van der Waals surface area contributed by atoms with E-state index in [1.807, 2.05) is 20.0 Å². The van der Waals surface area contributed by atoms with Gasteiger partial charge >= 0.3 is 0 Å². The van der Waals surface area contributed by atoms with Gasteiger partial charge in [0.1, 0.15) is 0 Å². The summed E-state index contributed by atoms with van der Waals surface area (Å²) >= 11 is 0. The number of hydrogen-bond donors (Lipinski definition) is 1. The summed E-state index contributed by atoms with van der Waals surface area (Å²) in [5.41, 5.74) is 1.38. The van der Waals surface area contributed by atoms with Gasteiger partial charge in [-0.2, -0.15) is 0 Å². The first-order chi connectivity index (χ1) is 8.22. The molecule has 92 valence electrons. The zero-order valence-corrected chi connectivity index (χ0v) is 10.5. The summed E-state index contributed by atoms with van der Waals surface area (Å²) in [6.45, 7) is 3.22. The van der Waals surface area contributed by atoms with Gasteiger partial charge < -0.3 is 10.2 Å². The van der Waals surface area contributed by atoms with Crippen molar-refractivity contribution in [3.63, 3.8) is 0 Å². The third kappa shape index (κ3) is 3.07. The lowest BCUT2D eigenvalue weighted by Gasteiger charge is -2.14. The van der Waals surface area contributed by atoms with Crippen molar-refractivity contribution in [3.8, 4) is 0 Å². The molecular weight excluding hydrogens is 212 g/mol. The van der Waals surface area contributed by atoms with E-state index in [4.69, 9.17) is 0 Å². The second-order valence-corrected chi connectivity index (χ2v) is 4.65. The van der Waals surface area contributed by atoms with Crippen LogP contribution < -0.4 is 5.32 Å². The number of nitrogens with one attached hydrogen (secondary N) is 1. The van der Waals surface area contributed by atoms with E-state index in [0.717, 1.165) is 13.0 Å². The molecule has 17 heavy (non-hydrogen) atoms. The lowest BCUT2D eigenvalue weighted by atomic mass is 10.1. The van der Waals surface area contributed by atoms with Gasteiger partial charge in [-0.3, -0.25) is 4.79 Å². The molecule has 1 aromatic carbocycles. The number of carbonyl (C=O) groups is 1. The normalized spacial score (nSPS) is 22.2. The van der Waals surface area contributed by atoms with E-state index in [1.54, 1.807) is 4.90 Å². The number of nitrogens with zero attached hydrogens (tertiary/aromatic N) is 1. The van der Waals surface area contributed by atoms with Crippen LogP contribution >= 0.6 is 0 Å². The number of benzene rings is 1. The average molecular weight is 232 g/mol. The Bertz CT molecular complexity index is 377. The minimum atomic E-state index is 0.172. The number of hydrogen-bond acceptors (Lipinski definition) is 2. The summed E-state index contributed by atoms with van der Waals surface area (Å²) in [6.07, 6.45) is 1.15. The topological polar surface area (TPSA) is 32.3 Å². The van der Waals surface area contributed by atoms with Crippen molar-refractivity contribution in [2.24, 2.45) is 0 Å². The summed E-state index contributed by atoms with van der Waals surface area (Å²) in [4.78, 5) is 13.4. The van der Waals surface area contributed by atoms with Gasteiger partial charge in [-0.15, -0.1) is 0 Å². The van der Waals surface area contributed by atoms with Crippen molar-refractivity contribution in [1.29, 1.82) is 0 Å². The molecule has 2 rings (SSSR count). The predicted octanol–water partition coefficient (Wildman–Crippen LogP) is 1.61. The van der Waals surface area contributed by atoms with E-state index in [-0.39, 0.29) is 5.91 Å². The molecule has 1 amide bonds. The van der Waals surface area contributed by atoms with E-state index < -0.39 is 0 Å². The zero-order valence-electron chi connectivity index (χ0n) is 10.5. The highest BCUT2D eigenvalue weighted by Gasteiger charge is 2.37. The molecule has 0 aromatic heterocycles. The summed E-state index contributed by atoms with van der Waals surface area (Å²) < 4.78 is 0. The number of amides is 1. The monoisotopic (exact) mass is 232 g/mol. The number of rotatable bonds is 5. The fourth-order valence-corrected chi connectivity index (χ4v) is 2.02. The molecule has 0 radical (unpaired) electrons. The first kappa shape index (κ1) is 12.1. The Morgan fingerprint density at radius 2 is 2.12 bits per heavy atom. The molecule has 0 spiro atoms. The van der Waals surface area contributed by atoms with Gasteiger partial charge in [-0.1, -0.05) is 30.3 Å². The molecule has 1 aliphatic carbocycles. The van der Waals surface area contributed by atoms with Gasteiger partial charge in [0, 0.05) is 25.6 Å². The Morgan fingerprint density at radius 3 is 2.76 bits per heavy atom. The van der Waals surface area contributed by atoms with Crippen molar-refractivity contribution in [3.05, 3.63) is 35.9 Å². The standard InChI is InChI=1S/C14H20N2O/c1-3-16(2)14(17)10-15-13-9-12(13)11-7-5-4-6-8-11/h4-8,12-13,15H,3,9-10H2,1-2H3. The first-order valence-corrected chi connectivity index (χ1v) is 6.24. The van der Waals surface area contributed by atoms with Gasteiger partial charge in [-0.25, -0.2) is 0 Å². The molecule has 1 saturated carbocycles. The van der Waals surface area contributed by atoms with Crippen molar-refractivity contribution in [2.75, 3.05) is 20.1 Å². The van der Waals surface area contributed by atoms with Crippen LogP contribution in [0.4, 0.5) is 0 Å². The SMILES string of the molecule is CCN(C)C(=O)CNC1CC1c1ccccc1. The second kappa shape index (κ2) is 5.32. The molecule has 0 saturated heterocycles. The Morgan fingerprint density at radius 1 is 1.41 bits per heavy atom. The van der Waals surface area contributed by atoms with E-state index >= 15 is 0 Å². The summed E-state index contributed by atoms with van der Waals surface area (Å²) in [7, 11) is 1.84. The summed E-state index contributed by atoms with van der Waals surface area (Å²) in [5.74, 6) is 0.766. The molecule has 1 aliphatic rings. The van der Waals surface area contributed by atoms with Gasteiger partial charge in [0.2, 0.25) is 5.91 Å². The van der Waals surface area contributed by atoms with Gasteiger partial charge in [-0.05, 0) is 18.9 Å². The smallest absolute Gasteiger partial charge is 0.236 e. The lowest BCUT2D eigenvalue weighted by Crippen LogP contribution is -2.36.